The van der Waals surface area contributed by atoms with Crippen LogP contribution in [0, 0.1) is 0 Å². The van der Waals surface area contributed by atoms with Crippen LogP contribution in [0.1, 0.15) is 5.56 Å². The summed E-state index contributed by atoms with van der Waals surface area (Å²) in [5.74, 6) is -60.5. The van der Waals surface area contributed by atoms with Crippen LogP contribution in [0.25, 0.3) is 0 Å². The second-order valence-electron chi connectivity index (χ2n) is 7.57. The summed E-state index contributed by atoms with van der Waals surface area (Å²) >= 11 is 0. The molecule has 0 radical (unpaired) electrons. The van der Waals surface area contributed by atoms with Crippen molar-refractivity contribution >= 4 is 0 Å². The van der Waals surface area contributed by atoms with Crippen molar-refractivity contribution < 1.29 is 92.9 Å². The van der Waals surface area contributed by atoms with E-state index in [1.54, 1.807) is 0 Å². The first-order valence-electron chi connectivity index (χ1n) is 9.57. The Morgan fingerprint density at radius 3 is 1.23 bits per heavy atom. The van der Waals surface area contributed by atoms with Gasteiger partial charge in [0.2, 0.25) is 0 Å². The zero-order valence-corrected chi connectivity index (χ0v) is 18.5. The Morgan fingerprint density at radius 2 is 0.875 bits per heavy atom. The molecule has 0 unspecified atom stereocenters. The van der Waals surface area contributed by atoms with E-state index in [0.29, 0.717) is 0 Å². The summed E-state index contributed by atoms with van der Waals surface area (Å²) in [4.78, 5) is 0. The molecule has 0 fully saturated rings. The number of alkyl halides is 19. The summed E-state index contributed by atoms with van der Waals surface area (Å²) < 4.78 is 260. The minimum absolute atomic E-state index is 0.0389. The number of rotatable bonds is 13. The Hall–Kier alpha value is -2.61. The Balaban J connectivity index is 3.44. The first-order chi connectivity index (χ1) is 17.5. The van der Waals surface area contributed by atoms with Crippen LogP contribution in [-0.2, 0) is 11.3 Å². The molecule has 0 aromatic heterocycles. The second kappa shape index (κ2) is 10.3. The van der Waals surface area contributed by atoms with Crippen LogP contribution in [0.5, 0.6) is 5.75 Å². The molecular weight excluding hydrogens is 621 g/mol. The van der Waals surface area contributed by atoms with Crippen LogP contribution in [0.2, 0.25) is 0 Å². The first-order valence-corrected chi connectivity index (χ1v) is 9.57. The highest BCUT2D eigenvalue weighted by molar-refractivity contribution is 5.27. The third kappa shape index (κ3) is 5.24. The molecule has 0 bridgehead atoms. The Labute approximate surface area is 209 Å². The summed E-state index contributed by atoms with van der Waals surface area (Å²) in [5, 5.41) is 0. The van der Waals surface area contributed by atoms with Gasteiger partial charge in [-0.3, -0.25) is 0 Å². The van der Waals surface area contributed by atoms with E-state index in [1.807, 2.05) is 0 Å². The smallest absolute Gasteiger partial charge is 0.460 e. The van der Waals surface area contributed by atoms with Crippen LogP contribution >= 0.6 is 0 Å². The summed E-state index contributed by atoms with van der Waals surface area (Å²) in [5.41, 5.74) is -0.651. The van der Waals surface area contributed by atoms with Crippen molar-refractivity contribution in [3.8, 4) is 5.75 Å². The van der Waals surface area contributed by atoms with Gasteiger partial charge in [0, 0.05) is 0 Å². The van der Waals surface area contributed by atoms with Gasteiger partial charge in [0.25, 0.3) is 0 Å². The van der Waals surface area contributed by atoms with Crippen LogP contribution in [0.15, 0.2) is 36.9 Å². The molecule has 0 aliphatic carbocycles. The molecule has 0 saturated heterocycles. The van der Waals surface area contributed by atoms with Gasteiger partial charge >= 0.3 is 53.7 Å². The van der Waals surface area contributed by atoms with Crippen LogP contribution < -0.4 is 4.74 Å². The fourth-order valence-corrected chi connectivity index (χ4v) is 2.45. The van der Waals surface area contributed by atoms with Gasteiger partial charge in [0.1, 0.15) is 12.4 Å². The SMILES string of the molecule is C=CCOc1ccc(COC(F)(F)C(F)(F)C(F)(F)C(F)(F)C(F)(F)C(F)(F)C(F)(F)C(F)(F)C(F)(F)F)cc1. The Kier molecular flexibility index (Phi) is 9.16. The topological polar surface area (TPSA) is 18.5 Å². The molecule has 0 aliphatic rings. The van der Waals surface area contributed by atoms with E-state index in [4.69, 9.17) is 4.74 Å². The molecule has 2 nitrogen and oxygen atoms in total. The van der Waals surface area contributed by atoms with E-state index in [2.05, 4.69) is 11.3 Å². The molecule has 0 atom stereocenters. The van der Waals surface area contributed by atoms with Gasteiger partial charge in [-0.05, 0) is 17.7 Å². The van der Waals surface area contributed by atoms with E-state index in [0.717, 1.165) is 24.3 Å². The lowest BCUT2D eigenvalue weighted by Crippen LogP contribution is -2.75. The third-order valence-corrected chi connectivity index (χ3v) is 4.80. The molecule has 0 amide bonds. The molecule has 1 rings (SSSR count). The predicted octanol–water partition coefficient (Wildman–Crippen LogP) is 8.37. The minimum Gasteiger partial charge on any atom is -0.490 e. The van der Waals surface area contributed by atoms with Crippen molar-refractivity contribution in [2.75, 3.05) is 6.61 Å². The average Bonchev–Trinajstić information content (AvgIpc) is 2.80. The quantitative estimate of drug-likeness (QED) is 0.161. The summed E-state index contributed by atoms with van der Waals surface area (Å²) in [6, 6.07) is 3.27. The molecule has 1 aromatic rings. The molecule has 0 heterocycles. The van der Waals surface area contributed by atoms with E-state index < -0.39 is 65.9 Å². The molecule has 21 heteroatoms. The molecule has 0 spiro atoms. The summed E-state index contributed by atoms with van der Waals surface area (Å²) in [6.45, 7) is 1.21. The number of hydrogen-bond donors (Lipinski definition) is 0. The predicted molar refractivity (Wildman–Crippen MR) is 92.6 cm³/mol. The van der Waals surface area contributed by atoms with Gasteiger partial charge in [0.05, 0.1) is 6.61 Å². The number of benzene rings is 1. The highest BCUT2D eigenvalue weighted by atomic mass is 19.4. The molecule has 40 heavy (non-hydrogen) atoms. The lowest BCUT2D eigenvalue weighted by Gasteiger charge is -2.43. The van der Waals surface area contributed by atoms with Crippen LogP contribution in [-0.4, -0.2) is 60.3 Å². The summed E-state index contributed by atoms with van der Waals surface area (Å²) in [6.07, 6.45) is -13.7. The van der Waals surface area contributed by atoms with Gasteiger partial charge in [-0.2, -0.15) is 83.4 Å². The van der Waals surface area contributed by atoms with Crippen molar-refractivity contribution in [3.63, 3.8) is 0 Å². The van der Waals surface area contributed by atoms with E-state index in [1.165, 1.54) is 6.08 Å². The molecule has 1 aromatic carbocycles. The van der Waals surface area contributed by atoms with Crippen LogP contribution in [0.3, 0.4) is 0 Å². The van der Waals surface area contributed by atoms with Gasteiger partial charge in [-0.1, -0.05) is 24.8 Å². The molecular formula is C19H11F19O2. The fraction of sp³-hybridized carbons (Fsp3) is 0.579. The van der Waals surface area contributed by atoms with Crippen molar-refractivity contribution in [1.29, 1.82) is 0 Å². The third-order valence-electron chi connectivity index (χ3n) is 4.80. The Bertz CT molecular complexity index is 1030. The Morgan fingerprint density at radius 1 is 0.525 bits per heavy atom. The van der Waals surface area contributed by atoms with Crippen molar-refractivity contribution in [3.05, 3.63) is 42.5 Å². The van der Waals surface area contributed by atoms with E-state index in [9.17, 15) is 83.4 Å². The van der Waals surface area contributed by atoms with Gasteiger partial charge < -0.3 is 9.47 Å². The van der Waals surface area contributed by atoms with E-state index in [-0.39, 0.29) is 12.4 Å². The normalized spacial score (nSPS) is 15.3. The number of ether oxygens (including phenoxy) is 2. The largest absolute Gasteiger partial charge is 0.490 e. The summed E-state index contributed by atoms with van der Waals surface area (Å²) in [7, 11) is 0. The van der Waals surface area contributed by atoms with Crippen LogP contribution in [0.4, 0.5) is 83.4 Å². The number of halogens is 19. The van der Waals surface area contributed by atoms with E-state index >= 15 is 0 Å². The molecule has 0 aliphatic heterocycles. The molecule has 232 valence electrons. The zero-order valence-electron chi connectivity index (χ0n) is 18.5. The maximum atomic E-state index is 13.8. The molecule has 0 N–H and O–H groups in total. The maximum absolute atomic E-state index is 13.8. The first kappa shape index (κ1) is 35.4. The highest BCUT2D eigenvalue weighted by Crippen LogP contribution is 2.65. The monoisotopic (exact) mass is 632 g/mol. The van der Waals surface area contributed by atoms with Crippen molar-refractivity contribution in [1.82, 2.24) is 0 Å². The van der Waals surface area contributed by atoms with Crippen molar-refractivity contribution in [2.45, 2.75) is 60.3 Å². The van der Waals surface area contributed by atoms with Gasteiger partial charge in [-0.15, -0.1) is 0 Å². The highest BCUT2D eigenvalue weighted by Gasteiger charge is 2.97. The fourth-order valence-electron chi connectivity index (χ4n) is 2.45. The maximum Gasteiger partial charge on any atom is 0.460 e. The zero-order chi connectivity index (χ0) is 32.0. The van der Waals surface area contributed by atoms with Gasteiger partial charge in [0.15, 0.2) is 0 Å². The lowest BCUT2D eigenvalue weighted by atomic mass is 9.88. The second-order valence-corrected chi connectivity index (χ2v) is 7.57. The average molecular weight is 632 g/mol. The van der Waals surface area contributed by atoms with Crippen molar-refractivity contribution in [2.24, 2.45) is 0 Å². The standard InChI is InChI=1S/C19H11F19O2/c1-2-7-39-10-5-3-9(4-6-10)8-40-19(37,38)17(32,33)15(28,29)13(24,25)11(20,21)12(22,23)14(26,27)16(30,31)18(34,35)36/h2-6H,1,7-8H2. The molecule has 0 saturated carbocycles. The number of hydrogen-bond acceptors (Lipinski definition) is 2. The minimum atomic E-state index is -8.97. The lowest BCUT2D eigenvalue weighted by molar-refractivity contribution is -0.482. The van der Waals surface area contributed by atoms with Gasteiger partial charge in [-0.25, -0.2) is 0 Å².